The molecule has 0 aliphatic heterocycles. The standard InChI is InChI=1S/C14H11N3O/c1-10-13(14(18)11-5-3-2-4-6-11)17-8-7-15-9-12(17)16-10/h2-9H,1H3. The third-order valence-electron chi connectivity index (χ3n) is 2.86. The number of ketones is 1. The van der Waals surface area contributed by atoms with Gasteiger partial charge < -0.3 is 0 Å². The van der Waals surface area contributed by atoms with E-state index in [4.69, 9.17) is 0 Å². The first-order valence-electron chi connectivity index (χ1n) is 5.66. The molecule has 0 spiro atoms. The summed E-state index contributed by atoms with van der Waals surface area (Å²) in [7, 11) is 0. The zero-order valence-electron chi connectivity index (χ0n) is 9.87. The topological polar surface area (TPSA) is 47.3 Å². The Morgan fingerprint density at radius 3 is 2.78 bits per heavy atom. The van der Waals surface area contributed by atoms with Crippen LogP contribution < -0.4 is 0 Å². The van der Waals surface area contributed by atoms with Crippen LogP contribution in [0.4, 0.5) is 0 Å². The lowest BCUT2D eigenvalue weighted by atomic mass is 10.1. The summed E-state index contributed by atoms with van der Waals surface area (Å²) in [6.45, 7) is 1.84. The largest absolute Gasteiger partial charge is 0.294 e. The Kier molecular flexibility index (Phi) is 2.41. The second-order valence-corrected chi connectivity index (χ2v) is 4.05. The lowest BCUT2D eigenvalue weighted by Gasteiger charge is -2.02. The second-order valence-electron chi connectivity index (χ2n) is 4.05. The molecular weight excluding hydrogens is 226 g/mol. The number of rotatable bonds is 2. The highest BCUT2D eigenvalue weighted by Gasteiger charge is 2.17. The molecule has 0 radical (unpaired) electrons. The van der Waals surface area contributed by atoms with Gasteiger partial charge in [-0.15, -0.1) is 0 Å². The molecule has 0 amide bonds. The minimum atomic E-state index is -0.0215. The van der Waals surface area contributed by atoms with Crippen molar-refractivity contribution < 1.29 is 4.79 Å². The van der Waals surface area contributed by atoms with E-state index in [-0.39, 0.29) is 5.78 Å². The van der Waals surface area contributed by atoms with Crippen LogP contribution in [-0.2, 0) is 0 Å². The van der Waals surface area contributed by atoms with Gasteiger partial charge in [0.25, 0.3) is 0 Å². The maximum atomic E-state index is 12.5. The number of aromatic nitrogens is 3. The van der Waals surface area contributed by atoms with Crippen LogP contribution in [0.15, 0.2) is 48.9 Å². The lowest BCUT2D eigenvalue weighted by Crippen LogP contribution is -2.06. The van der Waals surface area contributed by atoms with Crippen LogP contribution in [0, 0.1) is 6.92 Å². The maximum Gasteiger partial charge on any atom is 0.211 e. The minimum Gasteiger partial charge on any atom is -0.294 e. The summed E-state index contributed by atoms with van der Waals surface area (Å²) >= 11 is 0. The van der Waals surface area contributed by atoms with E-state index in [0.29, 0.717) is 16.9 Å². The van der Waals surface area contributed by atoms with E-state index in [1.807, 2.05) is 37.3 Å². The number of aryl methyl sites for hydroxylation is 1. The van der Waals surface area contributed by atoms with E-state index < -0.39 is 0 Å². The molecule has 0 saturated heterocycles. The first-order chi connectivity index (χ1) is 8.77. The fourth-order valence-corrected chi connectivity index (χ4v) is 2.02. The quantitative estimate of drug-likeness (QED) is 0.642. The van der Waals surface area contributed by atoms with Crippen molar-refractivity contribution >= 4 is 11.4 Å². The third kappa shape index (κ3) is 1.59. The summed E-state index contributed by atoms with van der Waals surface area (Å²) in [6.07, 6.45) is 5.05. The van der Waals surface area contributed by atoms with Crippen LogP contribution >= 0.6 is 0 Å². The molecule has 0 bridgehead atoms. The fraction of sp³-hybridized carbons (Fsp3) is 0.0714. The zero-order valence-corrected chi connectivity index (χ0v) is 9.87. The Labute approximate surface area is 104 Å². The van der Waals surface area contributed by atoms with Crippen molar-refractivity contribution in [2.75, 3.05) is 0 Å². The molecule has 4 nitrogen and oxygen atoms in total. The summed E-state index contributed by atoms with van der Waals surface area (Å²) < 4.78 is 1.78. The highest BCUT2D eigenvalue weighted by molar-refractivity contribution is 6.09. The van der Waals surface area contributed by atoms with Gasteiger partial charge in [0.1, 0.15) is 5.69 Å². The monoisotopic (exact) mass is 237 g/mol. The Morgan fingerprint density at radius 2 is 2.00 bits per heavy atom. The van der Waals surface area contributed by atoms with Gasteiger partial charge in [0, 0.05) is 18.0 Å². The summed E-state index contributed by atoms with van der Waals surface area (Å²) in [5.41, 5.74) is 2.67. The van der Waals surface area contributed by atoms with E-state index in [2.05, 4.69) is 9.97 Å². The van der Waals surface area contributed by atoms with Crippen LogP contribution in [0.5, 0.6) is 0 Å². The smallest absolute Gasteiger partial charge is 0.211 e. The Bertz CT molecular complexity index is 716. The van der Waals surface area contributed by atoms with Gasteiger partial charge >= 0.3 is 0 Å². The number of carbonyl (C=O) groups excluding carboxylic acids is 1. The predicted molar refractivity (Wildman–Crippen MR) is 67.6 cm³/mol. The van der Waals surface area contributed by atoms with Gasteiger partial charge in [-0.1, -0.05) is 30.3 Å². The molecule has 0 aliphatic carbocycles. The van der Waals surface area contributed by atoms with Gasteiger partial charge in [0.15, 0.2) is 5.65 Å². The zero-order chi connectivity index (χ0) is 12.5. The predicted octanol–water partition coefficient (Wildman–Crippen LogP) is 2.27. The molecule has 1 aromatic carbocycles. The number of hydrogen-bond acceptors (Lipinski definition) is 3. The first kappa shape index (κ1) is 10.7. The van der Waals surface area contributed by atoms with Crippen molar-refractivity contribution in [2.45, 2.75) is 6.92 Å². The van der Waals surface area contributed by atoms with Gasteiger partial charge in [-0.25, -0.2) is 4.98 Å². The molecule has 18 heavy (non-hydrogen) atoms. The van der Waals surface area contributed by atoms with Gasteiger partial charge in [0.2, 0.25) is 5.78 Å². The normalized spacial score (nSPS) is 10.7. The summed E-state index contributed by atoms with van der Waals surface area (Å²) in [5, 5.41) is 0. The lowest BCUT2D eigenvalue weighted by molar-refractivity contribution is 0.103. The number of carbonyl (C=O) groups is 1. The Morgan fingerprint density at radius 1 is 1.22 bits per heavy atom. The highest BCUT2D eigenvalue weighted by Crippen LogP contribution is 2.15. The van der Waals surface area contributed by atoms with Gasteiger partial charge in [-0.05, 0) is 6.92 Å². The molecule has 3 rings (SSSR count). The number of nitrogens with zero attached hydrogens (tertiary/aromatic N) is 3. The van der Waals surface area contributed by atoms with E-state index in [1.54, 1.807) is 23.0 Å². The molecule has 0 aliphatic rings. The molecule has 0 fully saturated rings. The van der Waals surface area contributed by atoms with Crippen LogP contribution in [0.25, 0.3) is 5.65 Å². The Balaban J connectivity index is 2.21. The molecule has 2 heterocycles. The van der Waals surface area contributed by atoms with Crippen molar-refractivity contribution in [3.05, 3.63) is 65.9 Å². The second kappa shape index (κ2) is 4.07. The van der Waals surface area contributed by atoms with Crippen molar-refractivity contribution in [1.29, 1.82) is 0 Å². The fourth-order valence-electron chi connectivity index (χ4n) is 2.02. The number of fused-ring (bicyclic) bond motifs is 1. The molecular formula is C14H11N3O. The van der Waals surface area contributed by atoms with E-state index in [1.165, 1.54) is 0 Å². The van der Waals surface area contributed by atoms with Crippen LogP contribution in [0.2, 0.25) is 0 Å². The molecule has 4 heteroatoms. The van der Waals surface area contributed by atoms with Crippen molar-refractivity contribution in [1.82, 2.24) is 14.4 Å². The van der Waals surface area contributed by atoms with Crippen LogP contribution in [0.3, 0.4) is 0 Å². The number of benzene rings is 1. The van der Waals surface area contributed by atoms with Crippen LogP contribution in [0.1, 0.15) is 21.7 Å². The summed E-state index contributed by atoms with van der Waals surface area (Å²) in [4.78, 5) is 20.8. The van der Waals surface area contributed by atoms with Crippen LogP contribution in [-0.4, -0.2) is 20.2 Å². The highest BCUT2D eigenvalue weighted by atomic mass is 16.1. The number of imidazole rings is 1. The average Bonchev–Trinajstić information content (AvgIpc) is 2.75. The van der Waals surface area contributed by atoms with Gasteiger partial charge in [-0.3, -0.25) is 14.2 Å². The SMILES string of the molecule is Cc1nc2cnccn2c1C(=O)c1ccccc1. The molecule has 0 saturated carbocycles. The molecule has 0 unspecified atom stereocenters. The molecule has 3 aromatic rings. The van der Waals surface area contributed by atoms with Gasteiger partial charge in [-0.2, -0.15) is 0 Å². The third-order valence-corrected chi connectivity index (χ3v) is 2.86. The first-order valence-corrected chi connectivity index (χ1v) is 5.66. The minimum absolute atomic E-state index is 0.0215. The summed E-state index contributed by atoms with van der Waals surface area (Å²) in [5.74, 6) is -0.0215. The van der Waals surface area contributed by atoms with E-state index in [9.17, 15) is 4.79 Å². The summed E-state index contributed by atoms with van der Waals surface area (Å²) in [6, 6.07) is 9.22. The average molecular weight is 237 g/mol. The number of hydrogen-bond donors (Lipinski definition) is 0. The molecule has 2 aromatic heterocycles. The maximum absolute atomic E-state index is 12.5. The van der Waals surface area contributed by atoms with Crippen molar-refractivity contribution in [2.24, 2.45) is 0 Å². The Hall–Kier alpha value is -2.49. The van der Waals surface area contributed by atoms with Gasteiger partial charge in [0.05, 0.1) is 11.9 Å². The van der Waals surface area contributed by atoms with E-state index >= 15 is 0 Å². The molecule has 0 atom stereocenters. The van der Waals surface area contributed by atoms with E-state index in [0.717, 1.165) is 5.69 Å². The molecule has 88 valence electrons. The van der Waals surface area contributed by atoms with Crippen molar-refractivity contribution in [3.8, 4) is 0 Å². The van der Waals surface area contributed by atoms with Crippen molar-refractivity contribution in [3.63, 3.8) is 0 Å². The molecule has 0 N–H and O–H groups in total.